The predicted octanol–water partition coefficient (Wildman–Crippen LogP) is 4.40. The fourth-order valence-corrected chi connectivity index (χ4v) is 4.81. The van der Waals surface area contributed by atoms with Crippen molar-refractivity contribution in [3.05, 3.63) is 28.2 Å². The van der Waals surface area contributed by atoms with Crippen LogP contribution in [0.15, 0.2) is 27.8 Å². The second kappa shape index (κ2) is 7.83. The number of amides is 1. The zero-order valence-electron chi connectivity index (χ0n) is 15.6. The van der Waals surface area contributed by atoms with Gasteiger partial charge in [0, 0.05) is 23.6 Å². The van der Waals surface area contributed by atoms with Gasteiger partial charge in [-0.3, -0.25) is 9.36 Å². The molecule has 2 heterocycles. The van der Waals surface area contributed by atoms with Gasteiger partial charge in [0.05, 0.1) is 10.9 Å². The minimum Gasteiger partial charge on any atom is -0.341 e. The molecule has 2 fully saturated rings. The second-order valence-electron chi connectivity index (χ2n) is 7.31. The monoisotopic (exact) mass is 449 g/mol. The number of nitrogens with zero attached hydrogens (tertiary/aromatic N) is 4. The maximum atomic E-state index is 12.7. The summed E-state index contributed by atoms with van der Waals surface area (Å²) in [5, 5.41) is 12.5. The number of anilines is 2. The number of nitrogens with one attached hydrogen (secondary N) is 1. The number of benzene rings is 1. The van der Waals surface area contributed by atoms with Crippen LogP contribution in [0.4, 0.5) is 11.6 Å². The van der Waals surface area contributed by atoms with Gasteiger partial charge in [-0.2, -0.15) is 0 Å². The highest BCUT2D eigenvalue weighted by Gasteiger charge is 2.33. The minimum atomic E-state index is -0.258. The Morgan fingerprint density at radius 3 is 2.70 bits per heavy atom. The topological polar surface area (TPSA) is 63.1 Å². The molecule has 8 heteroatoms. The van der Waals surface area contributed by atoms with Crippen molar-refractivity contribution >= 4 is 45.2 Å². The maximum absolute atomic E-state index is 12.7. The summed E-state index contributed by atoms with van der Waals surface area (Å²) in [6.45, 7) is 6.04. The van der Waals surface area contributed by atoms with Gasteiger partial charge in [-0.15, -0.1) is 10.2 Å². The van der Waals surface area contributed by atoms with Gasteiger partial charge in [0.2, 0.25) is 11.9 Å². The van der Waals surface area contributed by atoms with Crippen LogP contribution < -0.4 is 10.2 Å². The van der Waals surface area contributed by atoms with Crippen LogP contribution in [0.5, 0.6) is 0 Å². The number of carbonyl (C=O) groups is 1. The molecule has 0 spiro atoms. The number of hydrogen-bond acceptors (Lipinski definition) is 5. The molecule has 1 aromatic heterocycles. The molecule has 1 aliphatic heterocycles. The standard InChI is InChI=1S/C19H24BrN5OS/c1-12-5-8-16(15(20)11-12)21-17(26)13(2)27-19-23-22-18(24-9-3-4-10-24)25(19)14-6-7-14/h5,8,11,13-14H,3-4,6-7,9-10H2,1-2H3,(H,21,26). The zero-order chi connectivity index (χ0) is 19.0. The maximum Gasteiger partial charge on any atom is 0.237 e. The van der Waals surface area contributed by atoms with Gasteiger partial charge in [-0.25, -0.2) is 0 Å². The van der Waals surface area contributed by atoms with E-state index in [-0.39, 0.29) is 11.2 Å². The molecule has 27 heavy (non-hydrogen) atoms. The highest BCUT2D eigenvalue weighted by molar-refractivity contribution is 9.10. The molecule has 1 saturated heterocycles. The molecule has 144 valence electrons. The Morgan fingerprint density at radius 2 is 2.04 bits per heavy atom. The van der Waals surface area contributed by atoms with Gasteiger partial charge < -0.3 is 10.2 Å². The summed E-state index contributed by atoms with van der Waals surface area (Å²) in [5.74, 6) is 0.948. The summed E-state index contributed by atoms with van der Waals surface area (Å²) < 4.78 is 3.15. The van der Waals surface area contributed by atoms with Gasteiger partial charge >= 0.3 is 0 Å². The zero-order valence-corrected chi connectivity index (χ0v) is 18.0. The van der Waals surface area contributed by atoms with Crippen LogP contribution in [-0.4, -0.2) is 39.0 Å². The van der Waals surface area contributed by atoms with E-state index in [1.54, 1.807) is 0 Å². The molecule has 2 aliphatic rings. The molecular formula is C19H24BrN5OS. The van der Waals surface area contributed by atoms with Crippen molar-refractivity contribution in [1.82, 2.24) is 14.8 Å². The number of carbonyl (C=O) groups excluding carboxylic acids is 1. The van der Waals surface area contributed by atoms with E-state index in [1.165, 1.54) is 37.4 Å². The van der Waals surface area contributed by atoms with Crippen molar-refractivity contribution in [3.63, 3.8) is 0 Å². The van der Waals surface area contributed by atoms with Crippen LogP contribution in [0.2, 0.25) is 0 Å². The largest absolute Gasteiger partial charge is 0.341 e. The average molecular weight is 450 g/mol. The van der Waals surface area contributed by atoms with Crippen molar-refractivity contribution in [1.29, 1.82) is 0 Å². The van der Waals surface area contributed by atoms with Crippen LogP contribution in [0, 0.1) is 6.92 Å². The predicted molar refractivity (Wildman–Crippen MR) is 113 cm³/mol. The molecule has 1 aliphatic carbocycles. The summed E-state index contributed by atoms with van der Waals surface area (Å²) in [6.07, 6.45) is 4.77. The van der Waals surface area contributed by atoms with E-state index in [1.807, 2.05) is 32.0 Å². The minimum absolute atomic E-state index is 0.0300. The van der Waals surface area contributed by atoms with Crippen molar-refractivity contribution < 1.29 is 4.79 Å². The first kappa shape index (κ1) is 18.8. The molecule has 1 aromatic carbocycles. The molecule has 1 atom stereocenters. The number of rotatable bonds is 6. The Bertz CT molecular complexity index is 845. The van der Waals surface area contributed by atoms with E-state index < -0.39 is 0 Å². The van der Waals surface area contributed by atoms with Crippen molar-refractivity contribution in [2.75, 3.05) is 23.3 Å². The highest BCUT2D eigenvalue weighted by atomic mass is 79.9. The Balaban J connectivity index is 1.47. The van der Waals surface area contributed by atoms with Crippen LogP contribution in [0.1, 0.15) is 44.2 Å². The SMILES string of the molecule is Cc1ccc(NC(=O)C(C)Sc2nnc(N3CCCC3)n2C2CC2)c(Br)c1. The van der Waals surface area contributed by atoms with E-state index >= 15 is 0 Å². The van der Waals surface area contributed by atoms with Crippen LogP contribution >= 0.6 is 27.7 Å². The molecular weight excluding hydrogens is 426 g/mol. The van der Waals surface area contributed by atoms with Gasteiger partial charge in [-0.1, -0.05) is 17.8 Å². The molecule has 1 amide bonds. The van der Waals surface area contributed by atoms with E-state index in [9.17, 15) is 4.79 Å². The van der Waals surface area contributed by atoms with Gasteiger partial charge in [0.25, 0.3) is 0 Å². The third-order valence-electron chi connectivity index (χ3n) is 4.98. The third-order valence-corrected chi connectivity index (χ3v) is 6.69. The summed E-state index contributed by atoms with van der Waals surface area (Å²) in [7, 11) is 0. The van der Waals surface area contributed by atoms with E-state index in [2.05, 4.69) is 40.9 Å². The Kier molecular flexibility index (Phi) is 5.45. The Labute approximate surface area is 172 Å². The van der Waals surface area contributed by atoms with E-state index in [4.69, 9.17) is 0 Å². The quantitative estimate of drug-likeness (QED) is 0.661. The molecule has 6 nitrogen and oxygen atoms in total. The molecule has 1 N–H and O–H groups in total. The van der Waals surface area contributed by atoms with Crippen molar-refractivity contribution in [2.24, 2.45) is 0 Å². The first-order valence-electron chi connectivity index (χ1n) is 9.46. The molecule has 1 unspecified atom stereocenters. The fraction of sp³-hybridized carbons (Fsp3) is 0.526. The first-order valence-corrected chi connectivity index (χ1v) is 11.1. The fourth-order valence-electron chi connectivity index (χ4n) is 3.30. The Hall–Kier alpha value is -1.54. The van der Waals surface area contributed by atoms with E-state index in [0.29, 0.717) is 6.04 Å². The van der Waals surface area contributed by atoms with Crippen LogP contribution in [-0.2, 0) is 4.79 Å². The lowest BCUT2D eigenvalue weighted by Gasteiger charge is -2.18. The third kappa shape index (κ3) is 4.16. The first-order chi connectivity index (χ1) is 13.0. The molecule has 1 saturated carbocycles. The lowest BCUT2D eigenvalue weighted by atomic mass is 10.2. The number of halogens is 1. The molecule has 0 radical (unpaired) electrons. The summed E-state index contributed by atoms with van der Waals surface area (Å²) >= 11 is 5.01. The highest BCUT2D eigenvalue weighted by Crippen LogP contribution is 2.42. The number of hydrogen-bond donors (Lipinski definition) is 1. The Morgan fingerprint density at radius 1 is 1.30 bits per heavy atom. The summed E-state index contributed by atoms with van der Waals surface area (Å²) in [6, 6.07) is 6.40. The second-order valence-corrected chi connectivity index (χ2v) is 9.47. The summed E-state index contributed by atoms with van der Waals surface area (Å²) in [5.41, 5.74) is 1.94. The van der Waals surface area contributed by atoms with Crippen molar-refractivity contribution in [2.45, 2.75) is 56.0 Å². The smallest absolute Gasteiger partial charge is 0.237 e. The van der Waals surface area contributed by atoms with Gasteiger partial charge in [0.15, 0.2) is 5.16 Å². The van der Waals surface area contributed by atoms with Crippen LogP contribution in [0.3, 0.4) is 0 Å². The normalized spacial score (nSPS) is 18.0. The van der Waals surface area contributed by atoms with Crippen LogP contribution in [0.25, 0.3) is 0 Å². The lowest BCUT2D eigenvalue weighted by molar-refractivity contribution is -0.115. The number of aromatic nitrogens is 3. The molecule has 0 bridgehead atoms. The van der Waals surface area contributed by atoms with Crippen molar-refractivity contribution in [3.8, 4) is 0 Å². The molecule has 4 rings (SSSR count). The summed E-state index contributed by atoms with van der Waals surface area (Å²) in [4.78, 5) is 15.0. The lowest BCUT2D eigenvalue weighted by Crippen LogP contribution is -2.24. The number of aryl methyl sites for hydroxylation is 1. The molecule has 2 aromatic rings. The van der Waals surface area contributed by atoms with Gasteiger partial charge in [-0.05, 0) is 73.2 Å². The van der Waals surface area contributed by atoms with Gasteiger partial charge in [0.1, 0.15) is 0 Å². The number of thioether (sulfide) groups is 1. The average Bonchev–Trinajstić information content (AvgIpc) is 3.16. The van der Waals surface area contributed by atoms with E-state index in [0.717, 1.165) is 39.9 Å².